The Morgan fingerprint density at radius 3 is 2.24 bits per heavy atom. The number of halogens is 2. The highest BCUT2D eigenvalue weighted by atomic mass is 35.5. The van der Waals surface area contributed by atoms with Crippen molar-refractivity contribution >= 4 is 50.7 Å². The second-order valence-corrected chi connectivity index (χ2v) is 10.6. The quantitative estimate of drug-likeness (QED) is 0.550. The summed E-state index contributed by atoms with van der Waals surface area (Å²) in [6.07, 6.45) is 1.05. The molecule has 2 aromatic carbocycles. The fourth-order valence-corrected chi connectivity index (χ4v) is 4.40. The molecule has 7 nitrogen and oxygen atoms in total. The Morgan fingerprint density at radius 1 is 1.03 bits per heavy atom. The van der Waals surface area contributed by atoms with Crippen LogP contribution in [0.4, 0.5) is 5.69 Å². The van der Waals surface area contributed by atoms with Gasteiger partial charge in [-0.25, -0.2) is 8.42 Å². The number of sulfonamides is 1. The molecule has 0 bridgehead atoms. The summed E-state index contributed by atoms with van der Waals surface area (Å²) in [4.78, 5) is 27.3. The van der Waals surface area contributed by atoms with Crippen LogP contribution in [0.3, 0.4) is 0 Å². The topological polar surface area (TPSA) is 86.8 Å². The number of rotatable bonds is 9. The number of nitrogens with one attached hydrogen (secondary N) is 1. The Labute approximate surface area is 205 Å². The van der Waals surface area contributed by atoms with Crippen LogP contribution in [0.2, 0.25) is 10.0 Å². The maximum absolute atomic E-state index is 13.4. The van der Waals surface area contributed by atoms with Crippen LogP contribution in [0.5, 0.6) is 0 Å². The average Bonchev–Trinajstić information content (AvgIpc) is 2.73. The third kappa shape index (κ3) is 7.09. The van der Waals surface area contributed by atoms with E-state index in [1.54, 1.807) is 50.2 Å². The lowest BCUT2D eigenvalue weighted by atomic mass is 10.1. The van der Waals surface area contributed by atoms with E-state index in [2.05, 4.69) is 5.32 Å². The van der Waals surface area contributed by atoms with Crippen molar-refractivity contribution in [3.8, 4) is 0 Å². The van der Waals surface area contributed by atoms with Gasteiger partial charge in [-0.05, 0) is 68.7 Å². The Kier molecular flexibility index (Phi) is 9.17. The van der Waals surface area contributed by atoms with Gasteiger partial charge in [0.1, 0.15) is 12.6 Å². The van der Waals surface area contributed by atoms with Crippen LogP contribution in [-0.2, 0) is 26.2 Å². The van der Waals surface area contributed by atoms with E-state index in [0.29, 0.717) is 27.8 Å². The largest absolute Gasteiger partial charge is 0.355 e. The lowest BCUT2D eigenvalue weighted by Gasteiger charge is -2.31. The molecule has 0 spiro atoms. The lowest BCUT2D eigenvalue weighted by molar-refractivity contribution is -0.139. The summed E-state index contributed by atoms with van der Waals surface area (Å²) in [5, 5.41) is 3.39. The van der Waals surface area contributed by atoms with Crippen molar-refractivity contribution in [2.45, 2.75) is 40.3 Å². The number of hydrogen-bond donors (Lipinski definition) is 1. The van der Waals surface area contributed by atoms with Gasteiger partial charge in [-0.1, -0.05) is 35.3 Å². The summed E-state index contributed by atoms with van der Waals surface area (Å²) >= 11 is 12.1. The Balaban J connectivity index is 2.42. The van der Waals surface area contributed by atoms with Gasteiger partial charge in [-0.3, -0.25) is 13.9 Å². The number of amides is 2. The summed E-state index contributed by atoms with van der Waals surface area (Å²) in [5.74, 6) is -0.869. The van der Waals surface area contributed by atoms with Crippen molar-refractivity contribution in [2.75, 3.05) is 23.7 Å². The SMILES string of the molecule is CCNC(=O)[C@@H](C)N(Cc1ccc(Cl)c(Cl)c1)C(=O)CN(c1ccc(C)c(C)c1)S(C)(=O)=O. The van der Waals surface area contributed by atoms with Gasteiger partial charge in [0.2, 0.25) is 21.8 Å². The van der Waals surface area contributed by atoms with Gasteiger partial charge in [0.15, 0.2) is 0 Å². The molecule has 0 saturated heterocycles. The molecule has 1 atom stereocenters. The molecular formula is C23H29Cl2N3O4S. The molecule has 0 aromatic heterocycles. The maximum Gasteiger partial charge on any atom is 0.244 e. The number of carbonyl (C=O) groups excluding carboxylic acids is 2. The van der Waals surface area contributed by atoms with Crippen LogP contribution < -0.4 is 9.62 Å². The third-order valence-electron chi connectivity index (χ3n) is 5.31. The van der Waals surface area contributed by atoms with Crippen molar-refractivity contribution < 1.29 is 18.0 Å². The van der Waals surface area contributed by atoms with Crippen molar-refractivity contribution in [3.63, 3.8) is 0 Å². The maximum atomic E-state index is 13.4. The van der Waals surface area contributed by atoms with Crippen LogP contribution in [-0.4, -0.2) is 50.5 Å². The van der Waals surface area contributed by atoms with E-state index in [9.17, 15) is 18.0 Å². The first kappa shape index (κ1) is 27.0. The van der Waals surface area contributed by atoms with E-state index in [1.807, 2.05) is 13.8 Å². The molecule has 33 heavy (non-hydrogen) atoms. The zero-order chi connectivity index (χ0) is 24.9. The first-order chi connectivity index (χ1) is 15.3. The summed E-state index contributed by atoms with van der Waals surface area (Å²) in [5.41, 5.74) is 2.95. The molecule has 0 aliphatic heterocycles. The molecule has 0 aliphatic rings. The molecule has 0 aliphatic carbocycles. The highest BCUT2D eigenvalue weighted by Crippen LogP contribution is 2.25. The van der Waals surface area contributed by atoms with E-state index < -0.39 is 28.5 Å². The summed E-state index contributed by atoms with van der Waals surface area (Å²) in [7, 11) is -3.77. The highest BCUT2D eigenvalue weighted by molar-refractivity contribution is 7.92. The molecule has 0 heterocycles. The first-order valence-corrected chi connectivity index (χ1v) is 13.0. The number of benzene rings is 2. The fraction of sp³-hybridized carbons (Fsp3) is 0.391. The Bertz CT molecular complexity index is 1140. The van der Waals surface area contributed by atoms with E-state index >= 15 is 0 Å². The standard InChI is InChI=1S/C23H29Cl2N3O4S/c1-6-26-23(30)17(4)27(13-18-8-10-20(24)21(25)12-18)22(29)14-28(33(5,31)32)19-9-7-15(2)16(3)11-19/h7-12,17H,6,13-14H2,1-5H3,(H,26,30)/t17-/m1/s1. The number of hydrogen-bond acceptors (Lipinski definition) is 4. The van der Waals surface area contributed by atoms with E-state index in [0.717, 1.165) is 21.7 Å². The monoisotopic (exact) mass is 513 g/mol. The summed E-state index contributed by atoms with van der Waals surface area (Å²) in [6.45, 7) is 7.17. The number of carbonyl (C=O) groups is 2. The van der Waals surface area contributed by atoms with Crippen molar-refractivity contribution in [1.29, 1.82) is 0 Å². The predicted octanol–water partition coefficient (Wildman–Crippen LogP) is 3.93. The molecule has 2 amide bonds. The Morgan fingerprint density at radius 2 is 1.70 bits per heavy atom. The minimum absolute atomic E-state index is 0.0541. The van der Waals surface area contributed by atoms with Gasteiger partial charge < -0.3 is 10.2 Å². The molecule has 0 radical (unpaired) electrons. The normalized spacial score (nSPS) is 12.2. The van der Waals surface area contributed by atoms with Crippen LogP contribution in [0, 0.1) is 13.8 Å². The molecule has 10 heteroatoms. The predicted molar refractivity (Wildman–Crippen MR) is 133 cm³/mol. The van der Waals surface area contributed by atoms with Gasteiger partial charge in [0.05, 0.1) is 22.0 Å². The zero-order valence-corrected chi connectivity index (χ0v) is 21.7. The minimum atomic E-state index is -3.77. The van der Waals surface area contributed by atoms with Gasteiger partial charge >= 0.3 is 0 Å². The highest BCUT2D eigenvalue weighted by Gasteiger charge is 2.30. The zero-order valence-electron chi connectivity index (χ0n) is 19.4. The molecule has 0 saturated carbocycles. The van der Waals surface area contributed by atoms with Crippen molar-refractivity contribution in [3.05, 3.63) is 63.1 Å². The Hall–Kier alpha value is -2.29. The number of anilines is 1. The number of nitrogens with zero attached hydrogens (tertiary/aromatic N) is 2. The second kappa shape index (κ2) is 11.2. The summed E-state index contributed by atoms with van der Waals surface area (Å²) < 4.78 is 26.2. The van der Waals surface area contributed by atoms with Crippen molar-refractivity contribution in [2.24, 2.45) is 0 Å². The minimum Gasteiger partial charge on any atom is -0.355 e. The van der Waals surface area contributed by atoms with Gasteiger partial charge in [0.25, 0.3) is 0 Å². The first-order valence-electron chi connectivity index (χ1n) is 10.4. The molecule has 2 rings (SSSR count). The van der Waals surface area contributed by atoms with Gasteiger partial charge in [-0.15, -0.1) is 0 Å². The van der Waals surface area contributed by atoms with Crippen LogP contribution in [0.25, 0.3) is 0 Å². The smallest absolute Gasteiger partial charge is 0.244 e. The van der Waals surface area contributed by atoms with Crippen LogP contribution in [0.1, 0.15) is 30.5 Å². The molecule has 1 N–H and O–H groups in total. The van der Waals surface area contributed by atoms with E-state index in [4.69, 9.17) is 23.2 Å². The molecular weight excluding hydrogens is 485 g/mol. The molecule has 0 unspecified atom stereocenters. The third-order valence-corrected chi connectivity index (χ3v) is 7.19. The average molecular weight is 514 g/mol. The van der Waals surface area contributed by atoms with Crippen LogP contribution in [0.15, 0.2) is 36.4 Å². The number of aryl methyl sites for hydroxylation is 2. The van der Waals surface area contributed by atoms with E-state index in [1.165, 1.54) is 4.90 Å². The second-order valence-electron chi connectivity index (χ2n) is 7.88. The fourth-order valence-electron chi connectivity index (χ4n) is 3.23. The number of likely N-dealkylation sites (N-methyl/N-ethyl adjacent to an activating group) is 1. The molecule has 2 aromatic rings. The van der Waals surface area contributed by atoms with Crippen LogP contribution >= 0.6 is 23.2 Å². The summed E-state index contributed by atoms with van der Waals surface area (Å²) in [6, 6.07) is 9.28. The van der Waals surface area contributed by atoms with Gasteiger partial charge in [0, 0.05) is 13.1 Å². The lowest BCUT2D eigenvalue weighted by Crippen LogP contribution is -2.51. The van der Waals surface area contributed by atoms with Gasteiger partial charge in [-0.2, -0.15) is 0 Å². The van der Waals surface area contributed by atoms with E-state index in [-0.39, 0.29) is 12.5 Å². The molecule has 0 fully saturated rings. The van der Waals surface area contributed by atoms with Crippen molar-refractivity contribution in [1.82, 2.24) is 10.2 Å². The molecule has 180 valence electrons.